The van der Waals surface area contributed by atoms with Gasteiger partial charge in [0.1, 0.15) is 0 Å². The van der Waals surface area contributed by atoms with E-state index in [4.69, 9.17) is 0 Å². The maximum Gasteiger partial charge on any atom is 0.226 e. The Kier molecular flexibility index (Phi) is 4.32. The lowest BCUT2D eigenvalue weighted by Crippen LogP contribution is -2.17. The molecule has 3 heterocycles. The fraction of sp³-hybridized carbons (Fsp3) is 0.333. The standard InChI is InChI=1S/C18H19N3O3S2/c1-11-17(13-4-2-3-5-14(13)19-11)15-9-25-18(20-15)21-16(22)8-12-6-7-26(23,24)10-12/h2-5,9,12,19H,6-8,10H2,1H3,(H,20,21,22). The number of hydrogen-bond acceptors (Lipinski definition) is 5. The van der Waals surface area contributed by atoms with Crippen molar-refractivity contribution >= 4 is 43.1 Å². The van der Waals surface area contributed by atoms with Gasteiger partial charge in [0.2, 0.25) is 5.91 Å². The Hall–Kier alpha value is -2.19. The predicted octanol–water partition coefficient (Wildman–Crippen LogP) is 3.36. The number of amides is 1. The Morgan fingerprint density at radius 2 is 2.19 bits per heavy atom. The van der Waals surface area contributed by atoms with Gasteiger partial charge in [-0.1, -0.05) is 18.2 Å². The van der Waals surface area contributed by atoms with Gasteiger partial charge in [-0.3, -0.25) is 4.79 Å². The fourth-order valence-corrected chi connectivity index (χ4v) is 6.10. The number of rotatable bonds is 4. The van der Waals surface area contributed by atoms with Crippen LogP contribution in [-0.2, 0) is 14.6 Å². The number of aryl methyl sites for hydroxylation is 1. The number of aromatic amines is 1. The van der Waals surface area contributed by atoms with E-state index in [0.29, 0.717) is 11.6 Å². The molecule has 136 valence electrons. The Morgan fingerprint density at radius 3 is 2.96 bits per heavy atom. The van der Waals surface area contributed by atoms with Crippen molar-refractivity contribution in [2.24, 2.45) is 5.92 Å². The Labute approximate surface area is 155 Å². The molecule has 1 saturated heterocycles. The molecule has 1 aliphatic heterocycles. The molecule has 1 aliphatic rings. The number of H-pyrrole nitrogens is 1. The van der Waals surface area contributed by atoms with Crippen LogP contribution < -0.4 is 5.32 Å². The third-order valence-electron chi connectivity index (χ3n) is 4.70. The number of nitrogens with zero attached hydrogens (tertiary/aromatic N) is 1. The van der Waals surface area contributed by atoms with Crippen LogP contribution in [0.2, 0.25) is 0 Å². The SMILES string of the molecule is Cc1[nH]c2ccccc2c1-c1csc(NC(=O)CC2CCS(=O)(=O)C2)n1. The van der Waals surface area contributed by atoms with Crippen molar-refractivity contribution < 1.29 is 13.2 Å². The Balaban J connectivity index is 1.49. The van der Waals surface area contributed by atoms with E-state index in [1.54, 1.807) is 0 Å². The van der Waals surface area contributed by atoms with E-state index in [1.165, 1.54) is 11.3 Å². The van der Waals surface area contributed by atoms with Crippen molar-refractivity contribution in [3.63, 3.8) is 0 Å². The molecule has 1 amide bonds. The molecule has 1 fully saturated rings. The van der Waals surface area contributed by atoms with Gasteiger partial charge in [0.15, 0.2) is 15.0 Å². The van der Waals surface area contributed by atoms with Crippen molar-refractivity contribution in [2.45, 2.75) is 19.8 Å². The highest BCUT2D eigenvalue weighted by atomic mass is 32.2. The monoisotopic (exact) mass is 389 g/mol. The predicted molar refractivity (Wildman–Crippen MR) is 104 cm³/mol. The highest BCUT2D eigenvalue weighted by Gasteiger charge is 2.29. The number of nitrogens with one attached hydrogen (secondary N) is 2. The lowest BCUT2D eigenvalue weighted by molar-refractivity contribution is -0.116. The minimum atomic E-state index is -2.96. The molecule has 2 N–H and O–H groups in total. The lowest BCUT2D eigenvalue weighted by atomic mass is 10.1. The van der Waals surface area contributed by atoms with Gasteiger partial charge in [-0.05, 0) is 25.3 Å². The molecule has 4 rings (SSSR count). The summed E-state index contributed by atoms with van der Waals surface area (Å²) in [5.74, 6) is 0.0310. The van der Waals surface area contributed by atoms with Gasteiger partial charge in [0.05, 0.1) is 17.2 Å². The number of carbonyl (C=O) groups is 1. The van der Waals surface area contributed by atoms with Gasteiger partial charge in [0.25, 0.3) is 0 Å². The number of carbonyl (C=O) groups excluding carboxylic acids is 1. The van der Waals surface area contributed by atoms with E-state index < -0.39 is 9.84 Å². The van der Waals surface area contributed by atoms with Crippen molar-refractivity contribution in [3.8, 4) is 11.3 Å². The molecule has 2 aromatic heterocycles. The molecule has 8 heteroatoms. The maximum atomic E-state index is 12.2. The largest absolute Gasteiger partial charge is 0.358 e. The Bertz CT molecular complexity index is 1080. The summed E-state index contributed by atoms with van der Waals surface area (Å²) in [4.78, 5) is 20.1. The van der Waals surface area contributed by atoms with Crippen LogP contribution in [0.25, 0.3) is 22.2 Å². The van der Waals surface area contributed by atoms with Crippen molar-refractivity contribution in [1.82, 2.24) is 9.97 Å². The average molecular weight is 390 g/mol. The van der Waals surface area contributed by atoms with Gasteiger partial charge in [0, 0.05) is 34.0 Å². The zero-order valence-electron chi connectivity index (χ0n) is 14.3. The topological polar surface area (TPSA) is 91.9 Å². The van der Waals surface area contributed by atoms with Crippen LogP contribution in [0.1, 0.15) is 18.5 Å². The minimum Gasteiger partial charge on any atom is -0.358 e. The van der Waals surface area contributed by atoms with Crippen LogP contribution in [0.3, 0.4) is 0 Å². The molecular weight excluding hydrogens is 370 g/mol. The van der Waals surface area contributed by atoms with E-state index in [-0.39, 0.29) is 29.8 Å². The first kappa shape index (κ1) is 17.2. The second kappa shape index (κ2) is 6.51. The number of sulfone groups is 1. The van der Waals surface area contributed by atoms with Crippen LogP contribution in [0.15, 0.2) is 29.6 Å². The molecule has 0 aliphatic carbocycles. The third-order valence-corrected chi connectivity index (χ3v) is 7.30. The summed E-state index contributed by atoms with van der Waals surface area (Å²) in [6.45, 7) is 2.01. The average Bonchev–Trinajstić information content (AvgIpc) is 3.24. The van der Waals surface area contributed by atoms with Crippen LogP contribution in [-0.4, -0.2) is 35.8 Å². The Morgan fingerprint density at radius 1 is 1.38 bits per heavy atom. The summed E-state index contributed by atoms with van der Waals surface area (Å²) in [6.07, 6.45) is 0.785. The second-order valence-electron chi connectivity index (χ2n) is 6.73. The summed E-state index contributed by atoms with van der Waals surface area (Å²) in [6, 6.07) is 8.05. The summed E-state index contributed by atoms with van der Waals surface area (Å²) in [5, 5.41) is 6.38. The van der Waals surface area contributed by atoms with E-state index in [1.807, 2.05) is 36.6 Å². The first-order valence-corrected chi connectivity index (χ1v) is 11.1. The van der Waals surface area contributed by atoms with Crippen LogP contribution >= 0.6 is 11.3 Å². The number of para-hydroxylation sites is 1. The van der Waals surface area contributed by atoms with E-state index in [0.717, 1.165) is 27.9 Å². The van der Waals surface area contributed by atoms with Gasteiger partial charge >= 0.3 is 0 Å². The zero-order valence-corrected chi connectivity index (χ0v) is 15.9. The first-order chi connectivity index (χ1) is 12.4. The molecular formula is C18H19N3O3S2. The highest BCUT2D eigenvalue weighted by molar-refractivity contribution is 7.91. The highest BCUT2D eigenvalue weighted by Crippen LogP contribution is 2.34. The molecule has 0 radical (unpaired) electrons. The maximum absolute atomic E-state index is 12.2. The van der Waals surface area contributed by atoms with E-state index >= 15 is 0 Å². The second-order valence-corrected chi connectivity index (χ2v) is 9.82. The number of hydrogen-bond donors (Lipinski definition) is 2. The molecule has 1 atom stereocenters. The van der Waals surface area contributed by atoms with Crippen LogP contribution in [0, 0.1) is 12.8 Å². The summed E-state index contributed by atoms with van der Waals surface area (Å²) in [7, 11) is -2.96. The number of fused-ring (bicyclic) bond motifs is 1. The quantitative estimate of drug-likeness (QED) is 0.716. The van der Waals surface area contributed by atoms with Crippen LogP contribution in [0.4, 0.5) is 5.13 Å². The molecule has 0 bridgehead atoms. The number of thiazole rings is 1. The van der Waals surface area contributed by atoms with Gasteiger partial charge in [-0.15, -0.1) is 11.3 Å². The van der Waals surface area contributed by atoms with E-state index in [2.05, 4.69) is 15.3 Å². The number of aromatic nitrogens is 2. The summed E-state index contributed by atoms with van der Waals surface area (Å²) in [5.41, 5.74) is 3.95. The fourth-order valence-electron chi connectivity index (χ4n) is 3.52. The summed E-state index contributed by atoms with van der Waals surface area (Å²) >= 11 is 1.38. The summed E-state index contributed by atoms with van der Waals surface area (Å²) < 4.78 is 23.0. The molecule has 6 nitrogen and oxygen atoms in total. The molecule has 26 heavy (non-hydrogen) atoms. The van der Waals surface area contributed by atoms with Crippen molar-refractivity contribution in [3.05, 3.63) is 35.3 Å². The molecule has 0 spiro atoms. The van der Waals surface area contributed by atoms with E-state index in [9.17, 15) is 13.2 Å². The first-order valence-electron chi connectivity index (χ1n) is 8.45. The number of anilines is 1. The molecule has 3 aromatic rings. The van der Waals surface area contributed by atoms with Gasteiger partial charge < -0.3 is 10.3 Å². The minimum absolute atomic E-state index is 0.0877. The smallest absolute Gasteiger partial charge is 0.226 e. The molecule has 0 saturated carbocycles. The molecule has 1 unspecified atom stereocenters. The molecule has 1 aromatic carbocycles. The van der Waals surface area contributed by atoms with Gasteiger partial charge in [-0.2, -0.15) is 0 Å². The third kappa shape index (κ3) is 3.39. The van der Waals surface area contributed by atoms with Crippen molar-refractivity contribution in [2.75, 3.05) is 16.8 Å². The van der Waals surface area contributed by atoms with Crippen molar-refractivity contribution in [1.29, 1.82) is 0 Å². The zero-order chi connectivity index (χ0) is 18.3. The number of benzene rings is 1. The normalized spacial score (nSPS) is 19.0. The lowest BCUT2D eigenvalue weighted by Gasteiger charge is -2.06. The van der Waals surface area contributed by atoms with Gasteiger partial charge in [-0.25, -0.2) is 13.4 Å². The van der Waals surface area contributed by atoms with Crippen LogP contribution in [0.5, 0.6) is 0 Å².